The summed E-state index contributed by atoms with van der Waals surface area (Å²) in [4.78, 5) is 62.6. The third-order valence-corrected chi connectivity index (χ3v) is 12.4. The van der Waals surface area contributed by atoms with Crippen molar-refractivity contribution in [1.29, 1.82) is 0 Å². The van der Waals surface area contributed by atoms with E-state index in [9.17, 15) is 32.3 Å². The molecule has 324 valence electrons. The minimum atomic E-state index is -4.79. The van der Waals surface area contributed by atoms with E-state index in [1.165, 1.54) is 11.0 Å². The Hall–Kier alpha value is -4.28. The Morgan fingerprint density at radius 3 is 2.31 bits per heavy atom. The second-order valence-electron chi connectivity index (χ2n) is 16.0. The van der Waals surface area contributed by atoms with E-state index >= 15 is 0 Å². The van der Waals surface area contributed by atoms with Crippen LogP contribution in [-0.2, 0) is 38.1 Å². The quantitative estimate of drug-likeness (QED) is 0.136. The van der Waals surface area contributed by atoms with Gasteiger partial charge in [-0.15, -0.1) is 0 Å². The van der Waals surface area contributed by atoms with Gasteiger partial charge in [0.05, 0.1) is 22.9 Å². The molecular formula is C42H57ClF3N7O6. The van der Waals surface area contributed by atoms with Crippen molar-refractivity contribution in [2.45, 2.75) is 95.5 Å². The fraction of sp³-hybridized carbons (Fsp3) is 0.619. The third-order valence-electron chi connectivity index (χ3n) is 12.1. The molecule has 1 unspecified atom stereocenters. The summed E-state index contributed by atoms with van der Waals surface area (Å²) in [6, 6.07) is 9.84. The first-order valence-corrected chi connectivity index (χ1v) is 21.4. The van der Waals surface area contributed by atoms with Crippen molar-refractivity contribution in [3.63, 3.8) is 0 Å². The number of carbonyl (C=O) groups excluding carboxylic acids is 4. The number of carbonyl (C=O) groups is 4. The number of fused-ring (bicyclic) bond motifs is 1. The van der Waals surface area contributed by atoms with E-state index in [1.54, 1.807) is 9.80 Å². The minimum Gasteiger partial charge on any atom is -0.466 e. The summed E-state index contributed by atoms with van der Waals surface area (Å²) in [7, 11) is 0. The molecule has 0 spiro atoms. The van der Waals surface area contributed by atoms with Gasteiger partial charge in [-0.05, 0) is 93.9 Å². The number of alkyl halides is 3. The SMILES string of the molecule is CCCCOC(=O)CCCN1CCC(N2CCN(C(=O)C(Cc3cc(Cl)c(N)c(C(F)(F)F)c3)OC(=O)N3CCC(N4CCc5ccccc5NC4=O)CC3)CC2)CC1. The molecule has 4 heterocycles. The monoisotopic (exact) mass is 847 g/mol. The second kappa shape index (κ2) is 20.3. The fourth-order valence-electron chi connectivity index (χ4n) is 8.58. The number of amides is 4. The molecule has 3 fully saturated rings. The number of piperidine rings is 2. The number of likely N-dealkylation sites (tertiary alicyclic amines) is 2. The number of rotatable bonds is 13. The van der Waals surface area contributed by atoms with E-state index in [1.807, 2.05) is 24.3 Å². The average molecular weight is 848 g/mol. The summed E-state index contributed by atoms with van der Waals surface area (Å²) in [5.41, 5.74) is 5.86. The number of urea groups is 1. The molecule has 13 nitrogen and oxygen atoms in total. The molecule has 59 heavy (non-hydrogen) atoms. The third kappa shape index (κ3) is 11.7. The smallest absolute Gasteiger partial charge is 0.418 e. The summed E-state index contributed by atoms with van der Waals surface area (Å²) in [6.45, 7) is 8.23. The van der Waals surface area contributed by atoms with Crippen LogP contribution in [0.25, 0.3) is 0 Å². The van der Waals surface area contributed by atoms with Gasteiger partial charge >= 0.3 is 24.3 Å². The van der Waals surface area contributed by atoms with Crippen LogP contribution in [0.3, 0.4) is 0 Å². The Labute approximate surface area is 349 Å². The highest BCUT2D eigenvalue weighted by Gasteiger charge is 2.38. The van der Waals surface area contributed by atoms with Crippen LogP contribution in [0.2, 0.25) is 5.02 Å². The van der Waals surface area contributed by atoms with Crippen molar-refractivity contribution in [2.24, 2.45) is 0 Å². The van der Waals surface area contributed by atoms with Gasteiger partial charge in [0.1, 0.15) is 0 Å². The number of nitrogens with one attached hydrogen (secondary N) is 1. The maximum Gasteiger partial charge on any atom is 0.418 e. The minimum absolute atomic E-state index is 0.0633. The number of anilines is 2. The number of hydrogen-bond acceptors (Lipinski definition) is 9. The Balaban J connectivity index is 1.04. The number of hydrogen-bond donors (Lipinski definition) is 2. The van der Waals surface area contributed by atoms with Gasteiger partial charge in [-0.25, -0.2) is 9.59 Å². The van der Waals surface area contributed by atoms with Gasteiger partial charge in [0.25, 0.3) is 5.91 Å². The summed E-state index contributed by atoms with van der Waals surface area (Å²) in [5, 5.41) is 2.68. The molecular weight excluding hydrogens is 791 g/mol. The predicted molar refractivity (Wildman–Crippen MR) is 218 cm³/mol. The molecule has 0 aliphatic carbocycles. The van der Waals surface area contributed by atoms with Crippen molar-refractivity contribution in [3.8, 4) is 0 Å². The summed E-state index contributed by atoms with van der Waals surface area (Å²) in [5.74, 6) is -0.633. The van der Waals surface area contributed by atoms with E-state index < -0.39 is 35.5 Å². The van der Waals surface area contributed by atoms with Crippen molar-refractivity contribution in [3.05, 3.63) is 58.1 Å². The first kappa shape index (κ1) is 44.3. The molecule has 17 heteroatoms. The van der Waals surface area contributed by atoms with Crippen LogP contribution in [0.5, 0.6) is 0 Å². The molecule has 3 saturated heterocycles. The highest BCUT2D eigenvalue weighted by atomic mass is 35.5. The Morgan fingerprint density at radius 2 is 1.61 bits per heavy atom. The lowest BCUT2D eigenvalue weighted by Crippen LogP contribution is -2.56. The number of piperazine rings is 1. The zero-order valence-electron chi connectivity index (χ0n) is 33.8. The number of unbranched alkanes of at least 4 members (excludes halogenated alkanes) is 1. The van der Waals surface area contributed by atoms with Crippen LogP contribution in [0.15, 0.2) is 36.4 Å². The summed E-state index contributed by atoms with van der Waals surface area (Å²) in [6.07, 6.45) is -0.629. The fourth-order valence-corrected chi connectivity index (χ4v) is 8.82. The number of benzene rings is 2. The largest absolute Gasteiger partial charge is 0.466 e. The summed E-state index contributed by atoms with van der Waals surface area (Å²) >= 11 is 6.15. The molecule has 1 atom stereocenters. The van der Waals surface area contributed by atoms with Gasteiger partial charge in [-0.1, -0.05) is 43.1 Å². The molecule has 0 aromatic heterocycles. The molecule has 2 aromatic rings. The number of nitrogens with zero attached hydrogens (tertiary/aromatic N) is 5. The zero-order chi connectivity index (χ0) is 42.1. The van der Waals surface area contributed by atoms with Crippen molar-refractivity contribution >= 4 is 47.0 Å². The Kier molecular flexibility index (Phi) is 15.2. The highest BCUT2D eigenvalue weighted by molar-refractivity contribution is 6.33. The number of para-hydroxylation sites is 1. The number of nitrogen functional groups attached to an aromatic ring is 1. The number of halogens is 4. The number of ether oxygens (including phenoxy) is 2. The van der Waals surface area contributed by atoms with Crippen LogP contribution in [0.4, 0.5) is 34.1 Å². The van der Waals surface area contributed by atoms with Gasteiger partial charge in [0.2, 0.25) is 0 Å². The topological polar surface area (TPSA) is 141 Å². The standard InChI is InChI=1S/C42H57ClF3N7O6/c1-2-3-25-58-37(54)9-6-15-49-16-11-31(12-17-49)50-21-23-51(24-22-50)39(55)36(28-29-26-33(42(44,45)46)38(47)34(43)27-29)59-41(57)52-18-13-32(14-19-52)53-20-10-30-7-4-5-8-35(30)48-40(53)56/h4-5,7-8,26-27,31-32,36H,2-3,6,9-25,28,47H2,1H3,(H,48,56). The van der Waals surface area contributed by atoms with E-state index in [2.05, 4.69) is 22.0 Å². The average Bonchev–Trinajstić information content (AvgIpc) is 3.39. The highest BCUT2D eigenvalue weighted by Crippen LogP contribution is 2.38. The maximum absolute atomic E-state index is 14.2. The van der Waals surface area contributed by atoms with Crippen molar-refractivity contribution < 1.29 is 41.8 Å². The van der Waals surface area contributed by atoms with Crippen LogP contribution in [0.1, 0.15) is 75.0 Å². The Morgan fingerprint density at radius 1 is 0.915 bits per heavy atom. The van der Waals surface area contributed by atoms with Crippen LogP contribution in [-0.4, -0.2) is 139 Å². The molecule has 4 aliphatic rings. The normalized spacial score (nSPS) is 19.5. The van der Waals surface area contributed by atoms with E-state index in [0.717, 1.165) is 69.1 Å². The van der Waals surface area contributed by atoms with Crippen LogP contribution in [0, 0.1) is 0 Å². The number of nitrogens with two attached hydrogens (primary N) is 1. The van der Waals surface area contributed by atoms with Crippen LogP contribution < -0.4 is 11.1 Å². The van der Waals surface area contributed by atoms with Gasteiger partial charge in [0.15, 0.2) is 6.10 Å². The van der Waals surface area contributed by atoms with E-state index in [-0.39, 0.29) is 48.1 Å². The van der Waals surface area contributed by atoms with Gasteiger partial charge in [0, 0.05) is 76.4 Å². The lowest BCUT2D eigenvalue weighted by molar-refractivity contribution is -0.144. The first-order valence-electron chi connectivity index (χ1n) is 21.0. The zero-order valence-corrected chi connectivity index (χ0v) is 34.6. The van der Waals surface area contributed by atoms with Crippen molar-refractivity contribution in [2.75, 3.05) is 83.1 Å². The van der Waals surface area contributed by atoms with Crippen molar-refractivity contribution in [1.82, 2.24) is 24.5 Å². The van der Waals surface area contributed by atoms with Gasteiger partial charge < -0.3 is 40.1 Å². The second-order valence-corrected chi connectivity index (χ2v) is 16.4. The first-order chi connectivity index (χ1) is 28.3. The van der Waals surface area contributed by atoms with E-state index in [0.29, 0.717) is 71.1 Å². The number of esters is 1. The summed E-state index contributed by atoms with van der Waals surface area (Å²) < 4.78 is 52.9. The lowest BCUT2D eigenvalue weighted by atomic mass is 10.0. The molecule has 0 bridgehead atoms. The lowest BCUT2D eigenvalue weighted by Gasteiger charge is -2.43. The van der Waals surface area contributed by atoms with Gasteiger partial charge in [-0.3, -0.25) is 14.5 Å². The molecule has 4 aliphatic heterocycles. The Bertz CT molecular complexity index is 1780. The molecule has 3 N–H and O–H groups in total. The molecule has 2 aromatic carbocycles. The van der Waals surface area contributed by atoms with Crippen LogP contribution >= 0.6 is 11.6 Å². The maximum atomic E-state index is 14.2. The molecule has 0 radical (unpaired) electrons. The van der Waals surface area contributed by atoms with Gasteiger partial charge in [-0.2, -0.15) is 13.2 Å². The molecule has 6 rings (SSSR count). The molecule has 0 saturated carbocycles. The van der Waals surface area contributed by atoms with E-state index in [4.69, 9.17) is 26.8 Å². The predicted octanol–water partition coefficient (Wildman–Crippen LogP) is 6.28. The molecule has 4 amide bonds.